The molecule has 2 rings (SSSR count). The number of hydrogen-bond donors (Lipinski definition) is 1. The van der Waals surface area contributed by atoms with E-state index in [-0.39, 0.29) is 11.1 Å². The lowest BCUT2D eigenvalue weighted by Gasteiger charge is -2.13. The molecule has 0 radical (unpaired) electrons. The number of benzene rings is 1. The maximum Gasteiger partial charge on any atom is 0.142 e. The van der Waals surface area contributed by atoms with E-state index in [1.807, 2.05) is 20.8 Å². The molecule has 0 saturated heterocycles. The highest BCUT2D eigenvalue weighted by atomic mass is 35.5. The molecule has 0 amide bonds. The number of hydrogen-bond acceptors (Lipinski definition) is 2. The summed E-state index contributed by atoms with van der Waals surface area (Å²) in [6.45, 7) is 5.78. The van der Waals surface area contributed by atoms with Crippen molar-refractivity contribution in [3.05, 3.63) is 57.2 Å². The van der Waals surface area contributed by atoms with Gasteiger partial charge in [0.1, 0.15) is 17.3 Å². The van der Waals surface area contributed by atoms with Gasteiger partial charge in [-0.1, -0.05) is 23.7 Å². The Morgan fingerprint density at radius 1 is 1.26 bits per heavy atom. The number of furan rings is 1. The first-order valence-electron chi connectivity index (χ1n) is 6.16. The van der Waals surface area contributed by atoms with Gasteiger partial charge in [-0.05, 0) is 44.4 Å². The van der Waals surface area contributed by atoms with Gasteiger partial charge in [0.15, 0.2) is 0 Å². The van der Waals surface area contributed by atoms with E-state index in [4.69, 9.17) is 21.8 Å². The zero-order valence-corrected chi connectivity index (χ0v) is 12.0. The van der Waals surface area contributed by atoms with Crippen molar-refractivity contribution in [3.63, 3.8) is 0 Å². The van der Waals surface area contributed by atoms with Crippen LogP contribution in [0.3, 0.4) is 0 Å². The second-order valence-electron chi connectivity index (χ2n) is 4.78. The first-order valence-corrected chi connectivity index (χ1v) is 6.54. The van der Waals surface area contributed by atoms with E-state index in [0.29, 0.717) is 12.0 Å². The van der Waals surface area contributed by atoms with Crippen molar-refractivity contribution < 1.29 is 8.81 Å². The van der Waals surface area contributed by atoms with E-state index in [0.717, 1.165) is 22.6 Å². The lowest BCUT2D eigenvalue weighted by Crippen LogP contribution is -2.15. The lowest BCUT2D eigenvalue weighted by molar-refractivity contribution is 0.496. The molecule has 19 heavy (non-hydrogen) atoms. The van der Waals surface area contributed by atoms with Crippen LogP contribution in [0.5, 0.6) is 0 Å². The maximum atomic E-state index is 13.4. The predicted molar refractivity (Wildman–Crippen MR) is 75.0 cm³/mol. The van der Waals surface area contributed by atoms with Gasteiger partial charge in [-0.3, -0.25) is 0 Å². The van der Waals surface area contributed by atoms with Crippen LogP contribution in [0.25, 0.3) is 0 Å². The third-order valence-corrected chi connectivity index (χ3v) is 3.88. The molecule has 2 N–H and O–H groups in total. The van der Waals surface area contributed by atoms with Crippen LogP contribution in [0.2, 0.25) is 5.02 Å². The monoisotopic (exact) mass is 281 g/mol. The zero-order chi connectivity index (χ0) is 14.2. The van der Waals surface area contributed by atoms with Crippen molar-refractivity contribution in [1.82, 2.24) is 0 Å². The molecule has 0 aliphatic rings. The fourth-order valence-corrected chi connectivity index (χ4v) is 2.60. The molecule has 0 aliphatic heterocycles. The van der Waals surface area contributed by atoms with Gasteiger partial charge in [-0.2, -0.15) is 0 Å². The van der Waals surface area contributed by atoms with Crippen LogP contribution < -0.4 is 5.73 Å². The van der Waals surface area contributed by atoms with Crippen LogP contribution in [0.4, 0.5) is 4.39 Å². The lowest BCUT2D eigenvalue weighted by atomic mass is 9.96. The summed E-state index contributed by atoms with van der Waals surface area (Å²) in [4.78, 5) is 0. The highest BCUT2D eigenvalue weighted by molar-refractivity contribution is 6.31. The van der Waals surface area contributed by atoms with Crippen molar-refractivity contribution in [2.75, 3.05) is 0 Å². The number of nitrogens with two attached hydrogens (primary N) is 1. The summed E-state index contributed by atoms with van der Waals surface area (Å²) in [7, 11) is 0. The van der Waals surface area contributed by atoms with E-state index < -0.39 is 5.82 Å². The Balaban J connectivity index is 2.31. The Morgan fingerprint density at radius 2 is 1.95 bits per heavy atom. The SMILES string of the molecule is Cc1oc(C)c(C(N)Cc2cccc(F)c2Cl)c1C. The van der Waals surface area contributed by atoms with E-state index in [9.17, 15) is 4.39 Å². The van der Waals surface area contributed by atoms with Crippen molar-refractivity contribution in [2.45, 2.75) is 33.2 Å². The van der Waals surface area contributed by atoms with Gasteiger partial charge in [0.25, 0.3) is 0 Å². The molecule has 0 fully saturated rings. The molecule has 2 aromatic rings. The fourth-order valence-electron chi connectivity index (χ4n) is 2.40. The van der Waals surface area contributed by atoms with Gasteiger partial charge in [0.2, 0.25) is 0 Å². The summed E-state index contributed by atoms with van der Waals surface area (Å²) in [5.74, 6) is 1.27. The molecular formula is C15H17ClFNO. The number of aryl methyl sites for hydroxylation is 2. The van der Waals surface area contributed by atoms with E-state index in [1.165, 1.54) is 6.07 Å². The third kappa shape index (κ3) is 2.67. The fraction of sp³-hybridized carbons (Fsp3) is 0.333. The average molecular weight is 282 g/mol. The number of halogens is 2. The van der Waals surface area contributed by atoms with Gasteiger partial charge in [0.05, 0.1) is 5.02 Å². The average Bonchev–Trinajstić information content (AvgIpc) is 2.59. The standard InChI is InChI=1S/C15H17ClFNO/c1-8-9(2)19-10(3)14(8)13(18)7-11-5-4-6-12(17)15(11)16/h4-6,13H,7,18H2,1-3H3. The van der Waals surface area contributed by atoms with Crippen LogP contribution in [0, 0.1) is 26.6 Å². The minimum atomic E-state index is -0.414. The minimum Gasteiger partial charge on any atom is -0.466 e. The zero-order valence-electron chi connectivity index (χ0n) is 11.3. The predicted octanol–water partition coefficient (Wildman–Crippen LogP) is 4.24. The van der Waals surface area contributed by atoms with Crippen LogP contribution in [-0.4, -0.2) is 0 Å². The summed E-state index contributed by atoms with van der Waals surface area (Å²) in [6, 6.07) is 4.53. The van der Waals surface area contributed by atoms with Crippen molar-refractivity contribution >= 4 is 11.6 Å². The Morgan fingerprint density at radius 3 is 2.53 bits per heavy atom. The summed E-state index contributed by atoms with van der Waals surface area (Å²) >= 11 is 5.96. The van der Waals surface area contributed by atoms with Crippen molar-refractivity contribution in [2.24, 2.45) is 5.73 Å². The second-order valence-corrected chi connectivity index (χ2v) is 5.15. The molecule has 4 heteroatoms. The van der Waals surface area contributed by atoms with E-state index in [2.05, 4.69) is 0 Å². The first-order chi connectivity index (χ1) is 8.91. The third-order valence-electron chi connectivity index (χ3n) is 3.46. The molecule has 102 valence electrons. The maximum absolute atomic E-state index is 13.4. The minimum absolute atomic E-state index is 0.147. The van der Waals surface area contributed by atoms with Crippen molar-refractivity contribution in [3.8, 4) is 0 Å². The molecule has 1 unspecified atom stereocenters. The van der Waals surface area contributed by atoms with Crippen LogP contribution in [0.1, 0.15) is 34.3 Å². The molecule has 2 nitrogen and oxygen atoms in total. The summed E-state index contributed by atoms with van der Waals surface area (Å²) < 4.78 is 19.0. The Kier molecular flexibility index (Phi) is 3.97. The molecule has 0 spiro atoms. The Bertz CT molecular complexity index is 606. The molecule has 0 aliphatic carbocycles. The van der Waals surface area contributed by atoms with Gasteiger partial charge >= 0.3 is 0 Å². The Labute approximate surface area is 117 Å². The van der Waals surface area contributed by atoms with Crippen LogP contribution in [-0.2, 0) is 6.42 Å². The summed E-state index contributed by atoms with van der Waals surface area (Å²) in [5, 5.41) is 0.147. The van der Waals surface area contributed by atoms with Gasteiger partial charge in [0, 0.05) is 11.6 Å². The van der Waals surface area contributed by atoms with Gasteiger partial charge in [-0.25, -0.2) is 4.39 Å². The van der Waals surface area contributed by atoms with Crippen molar-refractivity contribution in [1.29, 1.82) is 0 Å². The summed E-state index contributed by atoms with van der Waals surface area (Å²) in [6.07, 6.45) is 0.483. The van der Waals surface area contributed by atoms with Gasteiger partial charge in [-0.15, -0.1) is 0 Å². The largest absolute Gasteiger partial charge is 0.466 e. The van der Waals surface area contributed by atoms with Gasteiger partial charge < -0.3 is 10.2 Å². The van der Waals surface area contributed by atoms with E-state index >= 15 is 0 Å². The molecule has 1 aromatic heterocycles. The first kappa shape index (κ1) is 14.1. The molecule has 1 heterocycles. The quantitative estimate of drug-likeness (QED) is 0.914. The molecule has 1 aromatic carbocycles. The highest BCUT2D eigenvalue weighted by Gasteiger charge is 2.19. The Hall–Kier alpha value is -1.32. The normalized spacial score (nSPS) is 12.7. The summed E-state index contributed by atoms with van der Waals surface area (Å²) in [5.41, 5.74) is 8.97. The molecule has 0 bridgehead atoms. The number of rotatable bonds is 3. The van der Waals surface area contributed by atoms with Crippen LogP contribution in [0.15, 0.2) is 22.6 Å². The second kappa shape index (κ2) is 5.35. The topological polar surface area (TPSA) is 39.2 Å². The molecule has 0 saturated carbocycles. The van der Waals surface area contributed by atoms with Crippen LogP contribution >= 0.6 is 11.6 Å². The smallest absolute Gasteiger partial charge is 0.142 e. The molecule has 1 atom stereocenters. The van der Waals surface area contributed by atoms with E-state index in [1.54, 1.807) is 12.1 Å². The highest BCUT2D eigenvalue weighted by Crippen LogP contribution is 2.30. The molecular weight excluding hydrogens is 265 g/mol.